The van der Waals surface area contributed by atoms with E-state index in [-0.39, 0.29) is 5.91 Å². The molecule has 1 aliphatic heterocycles. The second-order valence-electron chi connectivity index (χ2n) is 6.49. The molecule has 8 heteroatoms. The van der Waals surface area contributed by atoms with E-state index in [0.29, 0.717) is 44.6 Å². The molecule has 0 aliphatic carbocycles. The minimum absolute atomic E-state index is 0.355. The monoisotopic (exact) mass is 406 g/mol. The molecule has 0 fully saturated rings. The number of nitrogens with two attached hydrogens (primary N) is 1. The number of anilines is 1. The average molecular weight is 406 g/mol. The van der Waals surface area contributed by atoms with Crippen molar-refractivity contribution >= 4 is 23.4 Å². The average Bonchev–Trinajstić information content (AvgIpc) is 3.35. The second-order valence-corrected chi connectivity index (χ2v) is 7.62. The number of methoxy groups -OCH3 is 1. The Balaban J connectivity index is 1.87. The standard InChI is InChI=1S/C21H18N4O3S/c1-11-16(20(26)25-12-6-3-4-7-13(12)27-2)17(14-8-5-9-28-14)18-19(23)15(10-22)29-21(18)24-11/h3-9,15,19H,23H2,1-2H3,(H,25,26)/t15-,19-/m1/s1. The predicted molar refractivity (Wildman–Crippen MR) is 110 cm³/mol. The van der Waals surface area contributed by atoms with Gasteiger partial charge < -0.3 is 20.2 Å². The molecule has 2 atom stereocenters. The Morgan fingerprint density at radius 1 is 1.34 bits per heavy atom. The number of carbonyl (C=O) groups excluding carboxylic acids is 1. The van der Waals surface area contributed by atoms with Crippen molar-refractivity contribution in [3.63, 3.8) is 0 Å². The third kappa shape index (κ3) is 3.24. The summed E-state index contributed by atoms with van der Waals surface area (Å²) >= 11 is 1.31. The van der Waals surface area contributed by atoms with E-state index in [1.54, 1.807) is 38.3 Å². The highest BCUT2D eigenvalue weighted by molar-refractivity contribution is 8.00. The smallest absolute Gasteiger partial charge is 0.258 e. The van der Waals surface area contributed by atoms with Gasteiger partial charge in [0.1, 0.15) is 21.8 Å². The summed E-state index contributed by atoms with van der Waals surface area (Å²) in [5, 5.41) is 12.5. The number of fused-ring (bicyclic) bond motifs is 1. The van der Waals surface area contributed by atoms with Gasteiger partial charge in [0, 0.05) is 11.1 Å². The quantitative estimate of drug-likeness (QED) is 0.675. The van der Waals surface area contributed by atoms with Crippen LogP contribution in [0.5, 0.6) is 5.75 Å². The van der Waals surface area contributed by atoms with Gasteiger partial charge in [-0.1, -0.05) is 23.9 Å². The summed E-state index contributed by atoms with van der Waals surface area (Å²) in [6.07, 6.45) is 1.54. The van der Waals surface area contributed by atoms with Crippen molar-refractivity contribution in [3.8, 4) is 23.1 Å². The van der Waals surface area contributed by atoms with Crippen LogP contribution in [0.15, 0.2) is 52.1 Å². The fourth-order valence-electron chi connectivity index (χ4n) is 3.43. The normalized spacial score (nSPS) is 17.4. The summed E-state index contributed by atoms with van der Waals surface area (Å²) in [5.74, 6) is 0.696. The van der Waals surface area contributed by atoms with E-state index in [0.717, 1.165) is 0 Å². The van der Waals surface area contributed by atoms with Crippen LogP contribution in [-0.2, 0) is 0 Å². The van der Waals surface area contributed by atoms with E-state index in [9.17, 15) is 10.1 Å². The zero-order chi connectivity index (χ0) is 20.5. The maximum atomic E-state index is 13.3. The predicted octanol–water partition coefficient (Wildman–Crippen LogP) is 3.91. The highest BCUT2D eigenvalue weighted by Crippen LogP contribution is 2.48. The molecular formula is C21H18N4O3S. The van der Waals surface area contributed by atoms with Crippen LogP contribution in [0.4, 0.5) is 5.69 Å². The second kappa shape index (κ2) is 7.62. The minimum atomic E-state index is -0.578. The SMILES string of the molecule is COc1ccccc1NC(=O)c1c(C)nc2c(c1-c1ccco1)[C@H](N)[C@@H](C#N)S2. The number of benzene rings is 1. The third-order valence-electron chi connectivity index (χ3n) is 4.76. The first-order valence-electron chi connectivity index (χ1n) is 8.89. The Hall–Kier alpha value is -3.28. The fraction of sp³-hybridized carbons (Fsp3) is 0.190. The maximum Gasteiger partial charge on any atom is 0.258 e. The largest absolute Gasteiger partial charge is 0.495 e. The molecule has 0 radical (unpaired) electrons. The number of rotatable bonds is 4. The van der Waals surface area contributed by atoms with Crippen LogP contribution in [0.25, 0.3) is 11.3 Å². The van der Waals surface area contributed by atoms with Crippen LogP contribution in [0.1, 0.15) is 27.7 Å². The van der Waals surface area contributed by atoms with E-state index >= 15 is 0 Å². The lowest BCUT2D eigenvalue weighted by Gasteiger charge is -2.17. The molecule has 1 amide bonds. The summed E-state index contributed by atoms with van der Waals surface area (Å²) in [5.41, 5.74) is 9.01. The minimum Gasteiger partial charge on any atom is -0.495 e. The van der Waals surface area contributed by atoms with Gasteiger partial charge in [0.05, 0.1) is 42.4 Å². The number of amides is 1. The molecule has 3 aromatic rings. The van der Waals surface area contributed by atoms with E-state index in [2.05, 4.69) is 16.4 Å². The molecule has 1 aliphatic rings. The number of aryl methyl sites for hydroxylation is 1. The van der Waals surface area contributed by atoms with E-state index in [4.69, 9.17) is 14.9 Å². The molecule has 29 heavy (non-hydrogen) atoms. The highest BCUT2D eigenvalue weighted by atomic mass is 32.2. The molecule has 0 spiro atoms. The molecule has 3 N–H and O–H groups in total. The lowest BCUT2D eigenvalue weighted by atomic mass is 9.93. The zero-order valence-corrected chi connectivity index (χ0v) is 16.6. The summed E-state index contributed by atoms with van der Waals surface area (Å²) < 4.78 is 10.9. The van der Waals surface area contributed by atoms with Crippen LogP contribution in [-0.4, -0.2) is 23.3 Å². The first-order chi connectivity index (χ1) is 14.0. The van der Waals surface area contributed by atoms with Crippen molar-refractivity contribution in [3.05, 3.63) is 59.5 Å². The highest BCUT2D eigenvalue weighted by Gasteiger charge is 2.38. The van der Waals surface area contributed by atoms with E-state index in [1.165, 1.54) is 18.0 Å². The summed E-state index contributed by atoms with van der Waals surface area (Å²) in [4.78, 5) is 17.9. The molecule has 4 rings (SSSR count). The van der Waals surface area contributed by atoms with Gasteiger partial charge in [0.2, 0.25) is 0 Å². The van der Waals surface area contributed by atoms with Crippen molar-refractivity contribution in [1.82, 2.24) is 4.98 Å². The number of aromatic nitrogens is 1. The number of nitriles is 1. The molecular weight excluding hydrogens is 388 g/mol. The van der Waals surface area contributed by atoms with Gasteiger partial charge in [0.25, 0.3) is 5.91 Å². The van der Waals surface area contributed by atoms with Crippen LogP contribution >= 0.6 is 11.8 Å². The fourth-order valence-corrected chi connectivity index (χ4v) is 4.56. The van der Waals surface area contributed by atoms with Gasteiger partial charge >= 0.3 is 0 Å². The Kier molecular flexibility index (Phi) is 5.01. The number of carbonyl (C=O) groups is 1. The number of hydrogen-bond donors (Lipinski definition) is 2. The van der Waals surface area contributed by atoms with Gasteiger partial charge in [-0.15, -0.1) is 0 Å². The lowest BCUT2D eigenvalue weighted by Crippen LogP contribution is -2.21. The zero-order valence-electron chi connectivity index (χ0n) is 15.8. The van der Waals surface area contributed by atoms with Gasteiger partial charge in [-0.25, -0.2) is 4.98 Å². The Morgan fingerprint density at radius 2 is 2.14 bits per heavy atom. The van der Waals surface area contributed by atoms with Gasteiger partial charge in [0.15, 0.2) is 0 Å². The van der Waals surface area contributed by atoms with Crippen LogP contribution in [0.3, 0.4) is 0 Å². The van der Waals surface area contributed by atoms with E-state index in [1.807, 2.05) is 12.1 Å². The summed E-state index contributed by atoms with van der Waals surface area (Å²) in [6, 6.07) is 12.3. The number of thioether (sulfide) groups is 1. The number of pyridine rings is 1. The van der Waals surface area contributed by atoms with Crippen molar-refractivity contribution in [2.75, 3.05) is 12.4 Å². The van der Waals surface area contributed by atoms with Crippen LogP contribution in [0, 0.1) is 18.3 Å². The van der Waals surface area contributed by atoms with Crippen molar-refractivity contribution in [1.29, 1.82) is 5.26 Å². The molecule has 3 heterocycles. The molecule has 1 aromatic carbocycles. The van der Waals surface area contributed by atoms with Crippen molar-refractivity contribution < 1.29 is 13.9 Å². The van der Waals surface area contributed by atoms with Crippen molar-refractivity contribution in [2.24, 2.45) is 5.73 Å². The van der Waals surface area contributed by atoms with Crippen LogP contribution in [0.2, 0.25) is 0 Å². The van der Waals surface area contributed by atoms with Gasteiger partial charge in [-0.2, -0.15) is 5.26 Å². The number of nitrogens with one attached hydrogen (secondary N) is 1. The van der Waals surface area contributed by atoms with Gasteiger partial charge in [-0.3, -0.25) is 4.79 Å². The number of para-hydroxylation sites is 2. The molecule has 146 valence electrons. The Labute approximate surface area is 171 Å². The van der Waals surface area contributed by atoms with Gasteiger partial charge in [-0.05, 0) is 31.2 Å². The number of ether oxygens (including phenoxy) is 1. The van der Waals surface area contributed by atoms with E-state index < -0.39 is 11.3 Å². The molecule has 7 nitrogen and oxygen atoms in total. The molecule has 0 saturated carbocycles. The number of nitrogens with zero attached hydrogens (tertiary/aromatic N) is 2. The molecule has 2 aromatic heterocycles. The third-order valence-corrected chi connectivity index (χ3v) is 5.94. The summed E-state index contributed by atoms with van der Waals surface area (Å²) in [7, 11) is 1.54. The van der Waals surface area contributed by atoms with Crippen molar-refractivity contribution in [2.45, 2.75) is 23.2 Å². The van der Waals surface area contributed by atoms with Crippen LogP contribution < -0.4 is 15.8 Å². The maximum absolute atomic E-state index is 13.3. The Bertz CT molecular complexity index is 1120. The lowest BCUT2D eigenvalue weighted by molar-refractivity contribution is 0.102. The topological polar surface area (TPSA) is 114 Å². The summed E-state index contributed by atoms with van der Waals surface area (Å²) in [6.45, 7) is 1.76. The first kappa shape index (κ1) is 19.1. The first-order valence-corrected chi connectivity index (χ1v) is 9.77. The Morgan fingerprint density at radius 3 is 2.83 bits per heavy atom. The number of hydrogen-bond acceptors (Lipinski definition) is 7. The molecule has 0 bridgehead atoms. The number of furan rings is 1. The molecule has 0 unspecified atom stereocenters. The molecule has 0 saturated heterocycles.